The molecular formula is C19H23N3O3. The molecule has 0 fully saturated rings. The van der Waals surface area contributed by atoms with Crippen molar-refractivity contribution >= 4 is 5.91 Å². The Kier molecular flexibility index (Phi) is 5.48. The Balaban J connectivity index is 1.94. The molecule has 1 aliphatic rings. The summed E-state index contributed by atoms with van der Waals surface area (Å²) >= 11 is 0. The molecule has 3 heterocycles. The maximum Gasteiger partial charge on any atom is 0.257 e. The zero-order valence-electron chi connectivity index (χ0n) is 14.5. The number of hydrogen-bond donors (Lipinski definition) is 1. The maximum absolute atomic E-state index is 12.9. The fourth-order valence-corrected chi connectivity index (χ4v) is 3.19. The molecule has 3 rings (SSSR count). The summed E-state index contributed by atoms with van der Waals surface area (Å²) in [5, 5.41) is 2.91. The minimum absolute atomic E-state index is 0.0957. The van der Waals surface area contributed by atoms with Gasteiger partial charge in [0, 0.05) is 24.5 Å². The smallest absolute Gasteiger partial charge is 0.257 e. The first-order valence-corrected chi connectivity index (χ1v) is 8.78. The van der Waals surface area contributed by atoms with E-state index in [9.17, 15) is 9.59 Å². The van der Waals surface area contributed by atoms with Gasteiger partial charge >= 0.3 is 0 Å². The fraction of sp³-hybridized carbons (Fsp3) is 0.421. The highest BCUT2D eigenvalue weighted by atomic mass is 16.5. The molecule has 0 atom stereocenters. The third-order valence-corrected chi connectivity index (χ3v) is 4.36. The van der Waals surface area contributed by atoms with Crippen molar-refractivity contribution in [3.05, 3.63) is 57.8 Å². The van der Waals surface area contributed by atoms with Crippen LogP contribution in [-0.2, 0) is 19.5 Å². The Hall–Kier alpha value is -2.63. The number of nitrogens with zero attached hydrogens (tertiary/aromatic N) is 2. The van der Waals surface area contributed by atoms with E-state index in [4.69, 9.17) is 4.74 Å². The van der Waals surface area contributed by atoms with Crippen LogP contribution in [0.5, 0.6) is 5.75 Å². The normalized spacial score (nSPS) is 13.6. The zero-order valence-corrected chi connectivity index (χ0v) is 14.5. The van der Waals surface area contributed by atoms with Crippen molar-refractivity contribution in [2.45, 2.75) is 45.7 Å². The Morgan fingerprint density at radius 3 is 2.96 bits per heavy atom. The molecule has 0 spiro atoms. The molecule has 1 amide bonds. The average Bonchev–Trinajstić information content (AvgIpc) is 2.87. The van der Waals surface area contributed by atoms with Crippen LogP contribution in [0.15, 0.2) is 35.3 Å². The van der Waals surface area contributed by atoms with Crippen LogP contribution in [0.2, 0.25) is 0 Å². The molecular weight excluding hydrogens is 318 g/mol. The van der Waals surface area contributed by atoms with Crippen molar-refractivity contribution in [3.8, 4) is 5.75 Å². The first-order valence-electron chi connectivity index (χ1n) is 8.78. The second-order valence-electron chi connectivity index (χ2n) is 6.07. The Morgan fingerprint density at radius 2 is 2.20 bits per heavy atom. The van der Waals surface area contributed by atoms with Crippen molar-refractivity contribution < 1.29 is 9.53 Å². The van der Waals surface area contributed by atoms with Gasteiger partial charge in [-0.2, -0.15) is 0 Å². The van der Waals surface area contributed by atoms with Crippen molar-refractivity contribution in [2.24, 2.45) is 0 Å². The van der Waals surface area contributed by atoms with Crippen LogP contribution in [0.4, 0.5) is 0 Å². The second kappa shape index (κ2) is 7.96. The van der Waals surface area contributed by atoms with Gasteiger partial charge in [-0.15, -0.1) is 0 Å². The number of pyridine rings is 2. The number of aromatic nitrogens is 2. The van der Waals surface area contributed by atoms with Gasteiger partial charge in [-0.1, -0.05) is 12.5 Å². The van der Waals surface area contributed by atoms with Crippen LogP contribution in [0, 0.1) is 0 Å². The van der Waals surface area contributed by atoms with Gasteiger partial charge in [0.05, 0.1) is 18.8 Å². The molecule has 0 radical (unpaired) electrons. The summed E-state index contributed by atoms with van der Waals surface area (Å²) in [5.41, 5.74) is 1.96. The molecule has 1 aliphatic heterocycles. The Labute approximate surface area is 146 Å². The third kappa shape index (κ3) is 3.90. The molecule has 2 aromatic rings. The monoisotopic (exact) mass is 341 g/mol. The SMILES string of the molecule is CCOc1cc(=O)n2c(c1C(=O)NCc1ccccn1)CCCCC2. The van der Waals surface area contributed by atoms with E-state index in [0.717, 1.165) is 30.7 Å². The molecule has 6 heteroatoms. The second-order valence-corrected chi connectivity index (χ2v) is 6.07. The lowest BCUT2D eigenvalue weighted by Gasteiger charge is -2.18. The van der Waals surface area contributed by atoms with Gasteiger partial charge in [0.1, 0.15) is 11.3 Å². The van der Waals surface area contributed by atoms with Crippen LogP contribution < -0.4 is 15.6 Å². The van der Waals surface area contributed by atoms with Gasteiger partial charge in [0.15, 0.2) is 0 Å². The molecule has 0 aromatic carbocycles. The topological polar surface area (TPSA) is 73.2 Å². The van der Waals surface area contributed by atoms with Crippen molar-refractivity contribution in [1.82, 2.24) is 14.9 Å². The van der Waals surface area contributed by atoms with Gasteiger partial charge < -0.3 is 14.6 Å². The number of nitrogens with one attached hydrogen (secondary N) is 1. The van der Waals surface area contributed by atoms with Crippen molar-refractivity contribution in [1.29, 1.82) is 0 Å². The summed E-state index contributed by atoms with van der Waals surface area (Å²) in [5.74, 6) is 0.152. The number of rotatable bonds is 5. The van der Waals surface area contributed by atoms with Crippen LogP contribution >= 0.6 is 0 Å². The van der Waals surface area contributed by atoms with Gasteiger partial charge in [-0.25, -0.2) is 0 Å². The summed E-state index contributed by atoms with van der Waals surface area (Å²) in [6.45, 7) is 3.24. The van der Waals surface area contributed by atoms with Crippen molar-refractivity contribution in [2.75, 3.05) is 6.61 Å². The number of fused-ring (bicyclic) bond motifs is 1. The molecule has 6 nitrogen and oxygen atoms in total. The molecule has 1 N–H and O–H groups in total. The predicted octanol–water partition coefficient (Wildman–Crippen LogP) is 2.30. The number of hydrogen-bond acceptors (Lipinski definition) is 4. The number of carbonyl (C=O) groups excluding carboxylic acids is 1. The zero-order chi connectivity index (χ0) is 17.6. The maximum atomic E-state index is 12.9. The van der Waals surface area contributed by atoms with Gasteiger partial charge in [-0.05, 0) is 38.3 Å². The quantitative estimate of drug-likeness (QED) is 0.906. The summed E-state index contributed by atoms with van der Waals surface area (Å²) in [6, 6.07) is 7.02. The van der Waals surface area contributed by atoms with E-state index >= 15 is 0 Å². The van der Waals surface area contributed by atoms with Crippen LogP contribution in [-0.4, -0.2) is 22.1 Å². The van der Waals surface area contributed by atoms with Gasteiger partial charge in [0.25, 0.3) is 11.5 Å². The van der Waals surface area contributed by atoms with Gasteiger partial charge in [-0.3, -0.25) is 14.6 Å². The first-order chi connectivity index (χ1) is 12.2. The first kappa shape index (κ1) is 17.2. The third-order valence-electron chi connectivity index (χ3n) is 4.36. The molecule has 25 heavy (non-hydrogen) atoms. The lowest BCUT2D eigenvalue weighted by Crippen LogP contribution is -2.31. The standard InChI is InChI=1S/C19H23N3O3/c1-2-25-16-12-17(23)22-11-7-3-4-9-15(22)18(16)19(24)21-13-14-8-5-6-10-20-14/h5-6,8,10,12H,2-4,7,9,11,13H2,1H3,(H,21,24). The largest absolute Gasteiger partial charge is 0.493 e. The van der Waals surface area contributed by atoms with Gasteiger partial charge in [0.2, 0.25) is 0 Å². The van der Waals surface area contributed by atoms with E-state index in [1.165, 1.54) is 6.07 Å². The molecule has 0 saturated carbocycles. The summed E-state index contributed by atoms with van der Waals surface area (Å²) in [6.07, 6.45) is 5.38. The predicted molar refractivity (Wildman–Crippen MR) is 94.8 cm³/mol. The highest BCUT2D eigenvalue weighted by Crippen LogP contribution is 2.25. The molecule has 132 valence electrons. The van der Waals surface area contributed by atoms with Crippen molar-refractivity contribution in [3.63, 3.8) is 0 Å². The van der Waals surface area contributed by atoms with E-state index in [2.05, 4.69) is 10.3 Å². The number of amides is 1. The average molecular weight is 341 g/mol. The van der Waals surface area contributed by atoms with E-state index in [1.807, 2.05) is 25.1 Å². The Morgan fingerprint density at radius 1 is 1.32 bits per heavy atom. The molecule has 0 saturated heterocycles. The number of ether oxygens (including phenoxy) is 1. The molecule has 2 aromatic heterocycles. The van der Waals surface area contributed by atoms with Crippen LogP contribution in [0.25, 0.3) is 0 Å². The Bertz CT molecular complexity index is 800. The van der Waals surface area contributed by atoms with Crippen LogP contribution in [0.1, 0.15) is 47.9 Å². The highest BCUT2D eigenvalue weighted by molar-refractivity contribution is 5.98. The summed E-state index contributed by atoms with van der Waals surface area (Å²) in [7, 11) is 0. The lowest BCUT2D eigenvalue weighted by molar-refractivity contribution is 0.0944. The minimum atomic E-state index is -0.222. The number of carbonyl (C=O) groups is 1. The lowest BCUT2D eigenvalue weighted by atomic mass is 10.1. The minimum Gasteiger partial charge on any atom is -0.493 e. The fourth-order valence-electron chi connectivity index (χ4n) is 3.19. The van der Waals surface area contributed by atoms with E-state index in [-0.39, 0.29) is 11.5 Å². The molecule has 0 bridgehead atoms. The highest BCUT2D eigenvalue weighted by Gasteiger charge is 2.23. The van der Waals surface area contributed by atoms with E-state index in [1.54, 1.807) is 10.8 Å². The van der Waals surface area contributed by atoms with E-state index < -0.39 is 0 Å². The van der Waals surface area contributed by atoms with E-state index in [0.29, 0.717) is 37.4 Å². The van der Waals surface area contributed by atoms with Crippen LogP contribution in [0.3, 0.4) is 0 Å². The molecule has 0 unspecified atom stereocenters. The summed E-state index contributed by atoms with van der Waals surface area (Å²) < 4.78 is 7.34. The molecule has 0 aliphatic carbocycles. The summed E-state index contributed by atoms with van der Waals surface area (Å²) in [4.78, 5) is 29.5.